The van der Waals surface area contributed by atoms with Crippen LogP contribution in [0, 0.1) is 0 Å². The summed E-state index contributed by atoms with van der Waals surface area (Å²) in [7, 11) is 0. The van der Waals surface area contributed by atoms with Crippen molar-refractivity contribution in [2.24, 2.45) is 0 Å². The van der Waals surface area contributed by atoms with E-state index in [0.717, 1.165) is 51.4 Å². The normalized spacial score (nSPS) is 21.1. The van der Waals surface area contributed by atoms with E-state index in [2.05, 4.69) is 55.6 Å². The van der Waals surface area contributed by atoms with Gasteiger partial charge in [-0.15, -0.1) is 0 Å². The number of carbonyl (C=O) groups is 1. The summed E-state index contributed by atoms with van der Waals surface area (Å²) in [5.41, 5.74) is 0. The van der Waals surface area contributed by atoms with Crippen molar-refractivity contribution in [3.05, 3.63) is 48.6 Å². The first-order valence-corrected chi connectivity index (χ1v) is 24.4. The van der Waals surface area contributed by atoms with Gasteiger partial charge >= 0.3 is 0 Å². The first-order valence-electron chi connectivity index (χ1n) is 24.4. The largest absolute Gasteiger partial charge is 0.394 e. The van der Waals surface area contributed by atoms with E-state index in [-0.39, 0.29) is 12.5 Å². The van der Waals surface area contributed by atoms with Gasteiger partial charge in [0.2, 0.25) is 5.91 Å². The summed E-state index contributed by atoms with van der Waals surface area (Å²) < 4.78 is 11.2. The Labute approximate surface area is 361 Å². The summed E-state index contributed by atoms with van der Waals surface area (Å²) >= 11 is 0. The van der Waals surface area contributed by atoms with E-state index in [1.54, 1.807) is 6.08 Å². The van der Waals surface area contributed by atoms with Crippen LogP contribution in [0.15, 0.2) is 48.6 Å². The summed E-state index contributed by atoms with van der Waals surface area (Å²) in [5.74, 6) is -0.194. The van der Waals surface area contributed by atoms with Gasteiger partial charge in [0.05, 0.1) is 25.4 Å². The number of hydrogen-bond acceptors (Lipinski definition) is 8. The molecule has 0 aromatic rings. The van der Waals surface area contributed by atoms with Crippen LogP contribution in [0.1, 0.15) is 206 Å². The first kappa shape index (κ1) is 55.2. The molecule has 1 heterocycles. The number of unbranched alkanes of at least 4 members (excludes halogenated alkanes) is 24. The lowest BCUT2D eigenvalue weighted by molar-refractivity contribution is -0.302. The van der Waals surface area contributed by atoms with Crippen molar-refractivity contribution >= 4 is 5.91 Å². The molecule has 9 heteroatoms. The van der Waals surface area contributed by atoms with Gasteiger partial charge in [-0.3, -0.25) is 4.79 Å². The number of carbonyl (C=O) groups excluding carboxylic acids is 1. The third-order valence-electron chi connectivity index (χ3n) is 11.4. The van der Waals surface area contributed by atoms with Crippen LogP contribution in [-0.2, 0) is 14.3 Å². The monoisotopic (exact) mass is 834 g/mol. The van der Waals surface area contributed by atoms with E-state index in [4.69, 9.17) is 9.47 Å². The summed E-state index contributed by atoms with van der Waals surface area (Å²) in [5, 5.41) is 54.2. The van der Waals surface area contributed by atoms with Crippen LogP contribution in [0.5, 0.6) is 0 Å². The molecule has 7 atom stereocenters. The van der Waals surface area contributed by atoms with Crippen LogP contribution in [0.25, 0.3) is 0 Å². The molecule has 1 fully saturated rings. The zero-order valence-electron chi connectivity index (χ0n) is 37.7. The molecule has 6 N–H and O–H groups in total. The van der Waals surface area contributed by atoms with Gasteiger partial charge in [-0.2, -0.15) is 0 Å². The molecule has 0 aromatic carbocycles. The Morgan fingerprint density at radius 1 is 0.559 bits per heavy atom. The second kappa shape index (κ2) is 40.2. The van der Waals surface area contributed by atoms with Crippen LogP contribution >= 0.6 is 0 Å². The second-order valence-electron chi connectivity index (χ2n) is 16.9. The Bertz CT molecular complexity index is 1060. The second-order valence-corrected chi connectivity index (χ2v) is 16.9. The minimum Gasteiger partial charge on any atom is -0.394 e. The minimum absolute atomic E-state index is 0.194. The maximum atomic E-state index is 13.0. The standard InChI is InChI=1S/C50H91NO8/c1-3-5-7-9-11-13-15-17-19-20-21-22-23-24-26-28-30-32-34-36-38-40-46(54)51-43(42-58-50-49(57)48(56)47(55)45(41-52)59-50)44(53)39-37-35-33-31-29-27-25-18-16-14-12-10-8-6-4-2/h16,18,20-21,29,31,37,39,43-45,47-50,52-53,55-57H,3-15,17,19,22-28,30,32-36,38,40-42H2,1-2H3,(H,51,54)/b18-16+,21-20-,31-29+,39-37+. The predicted octanol–water partition coefficient (Wildman–Crippen LogP) is 10.6. The van der Waals surface area contributed by atoms with Crippen LogP contribution in [-0.4, -0.2) is 87.5 Å². The van der Waals surface area contributed by atoms with E-state index < -0.39 is 49.5 Å². The van der Waals surface area contributed by atoms with Crippen LogP contribution in [0.2, 0.25) is 0 Å². The van der Waals surface area contributed by atoms with Crippen molar-refractivity contribution in [3.8, 4) is 0 Å². The fourth-order valence-electron chi connectivity index (χ4n) is 7.42. The molecule has 0 bridgehead atoms. The fraction of sp³-hybridized carbons (Fsp3) is 0.820. The molecule has 0 aliphatic carbocycles. The number of allylic oxidation sites excluding steroid dienone is 7. The van der Waals surface area contributed by atoms with Crippen LogP contribution in [0.4, 0.5) is 0 Å². The van der Waals surface area contributed by atoms with Gasteiger partial charge < -0.3 is 40.3 Å². The molecular weight excluding hydrogens is 743 g/mol. The minimum atomic E-state index is -1.57. The summed E-state index contributed by atoms with van der Waals surface area (Å²) in [6.45, 7) is 3.73. The average Bonchev–Trinajstić information content (AvgIpc) is 3.23. The maximum Gasteiger partial charge on any atom is 0.220 e. The third kappa shape index (κ3) is 30.8. The van der Waals surface area contributed by atoms with Crippen molar-refractivity contribution in [1.29, 1.82) is 0 Å². The first-order chi connectivity index (χ1) is 28.8. The Morgan fingerprint density at radius 2 is 0.966 bits per heavy atom. The van der Waals surface area contributed by atoms with Gasteiger partial charge in [0.25, 0.3) is 0 Å². The lowest BCUT2D eigenvalue weighted by Gasteiger charge is -2.40. The number of hydrogen-bond donors (Lipinski definition) is 6. The molecule has 0 spiro atoms. The average molecular weight is 834 g/mol. The molecule has 1 saturated heterocycles. The number of amides is 1. The number of rotatable bonds is 40. The Morgan fingerprint density at radius 3 is 1.42 bits per heavy atom. The number of aliphatic hydroxyl groups excluding tert-OH is 5. The Kier molecular flexibility index (Phi) is 37.6. The molecule has 1 rings (SSSR count). The van der Waals surface area contributed by atoms with E-state index in [9.17, 15) is 30.3 Å². The van der Waals surface area contributed by atoms with E-state index in [1.807, 2.05) is 6.08 Å². The highest BCUT2D eigenvalue weighted by molar-refractivity contribution is 5.76. The summed E-state index contributed by atoms with van der Waals surface area (Å²) in [4.78, 5) is 13.0. The van der Waals surface area contributed by atoms with Crippen molar-refractivity contribution < 1.29 is 39.8 Å². The van der Waals surface area contributed by atoms with Crippen molar-refractivity contribution in [2.45, 2.75) is 249 Å². The molecule has 7 unspecified atom stereocenters. The van der Waals surface area contributed by atoms with E-state index in [1.165, 1.54) is 135 Å². The van der Waals surface area contributed by atoms with Gasteiger partial charge in [0, 0.05) is 6.42 Å². The molecule has 9 nitrogen and oxygen atoms in total. The van der Waals surface area contributed by atoms with Gasteiger partial charge in [-0.1, -0.05) is 178 Å². The van der Waals surface area contributed by atoms with Gasteiger partial charge in [-0.25, -0.2) is 0 Å². The van der Waals surface area contributed by atoms with Crippen LogP contribution in [0.3, 0.4) is 0 Å². The number of aliphatic hydroxyl groups is 5. The molecule has 59 heavy (non-hydrogen) atoms. The molecule has 1 aliphatic heterocycles. The molecule has 0 radical (unpaired) electrons. The molecule has 344 valence electrons. The smallest absolute Gasteiger partial charge is 0.220 e. The zero-order chi connectivity index (χ0) is 43.0. The van der Waals surface area contributed by atoms with Crippen molar-refractivity contribution in [3.63, 3.8) is 0 Å². The van der Waals surface area contributed by atoms with E-state index in [0.29, 0.717) is 6.42 Å². The van der Waals surface area contributed by atoms with Gasteiger partial charge in [0.1, 0.15) is 24.4 Å². The maximum absolute atomic E-state index is 13.0. The van der Waals surface area contributed by atoms with Gasteiger partial charge in [0.15, 0.2) is 6.29 Å². The Balaban J connectivity index is 2.34. The topological polar surface area (TPSA) is 149 Å². The zero-order valence-corrected chi connectivity index (χ0v) is 37.7. The predicted molar refractivity (Wildman–Crippen MR) is 244 cm³/mol. The fourth-order valence-corrected chi connectivity index (χ4v) is 7.42. The molecule has 0 saturated carbocycles. The molecule has 0 aromatic heterocycles. The molecule has 1 amide bonds. The van der Waals surface area contributed by atoms with Crippen molar-refractivity contribution in [1.82, 2.24) is 5.32 Å². The highest BCUT2D eigenvalue weighted by Gasteiger charge is 2.44. The Hall–Kier alpha value is -1.85. The quantitative estimate of drug-likeness (QED) is 0.0264. The third-order valence-corrected chi connectivity index (χ3v) is 11.4. The number of ether oxygens (including phenoxy) is 2. The highest BCUT2D eigenvalue weighted by atomic mass is 16.7. The summed E-state index contributed by atoms with van der Waals surface area (Å²) in [6, 6.07) is -0.828. The number of nitrogens with one attached hydrogen (secondary N) is 1. The summed E-state index contributed by atoms with van der Waals surface area (Å²) in [6.07, 6.45) is 44.4. The SMILES string of the molecule is CCCCCCC/C=C/CC/C=C/CC/C=C/C(O)C(COC1OC(CO)C(O)C(O)C1O)NC(=O)CCCCCCCCCCC/C=C\CCCCCCCCCC. The van der Waals surface area contributed by atoms with E-state index >= 15 is 0 Å². The highest BCUT2D eigenvalue weighted by Crippen LogP contribution is 2.22. The van der Waals surface area contributed by atoms with Crippen molar-refractivity contribution in [2.75, 3.05) is 13.2 Å². The van der Waals surface area contributed by atoms with Gasteiger partial charge in [-0.05, 0) is 70.6 Å². The molecular formula is C50H91NO8. The molecule has 1 aliphatic rings. The lowest BCUT2D eigenvalue weighted by Crippen LogP contribution is -2.60. The lowest BCUT2D eigenvalue weighted by atomic mass is 9.99. The van der Waals surface area contributed by atoms with Crippen LogP contribution < -0.4 is 5.32 Å².